The zero-order valence-corrected chi connectivity index (χ0v) is 50.3. The molecule has 0 aliphatic heterocycles. The third-order valence-corrected chi connectivity index (χ3v) is 13.0. The summed E-state index contributed by atoms with van der Waals surface area (Å²) in [7, 11) is 1.38. The second kappa shape index (κ2) is 55.0. The Labute approximate surface area is 471 Å². The molecule has 77 heavy (non-hydrogen) atoms. The van der Waals surface area contributed by atoms with E-state index < -0.39 is 32.5 Å². The molecule has 0 spiro atoms. The molecule has 0 fully saturated rings. The summed E-state index contributed by atoms with van der Waals surface area (Å²) in [5, 5.41) is 2.98. The average Bonchev–Trinajstić information content (AvgIpc) is 3.39. The molecule has 0 heterocycles. The largest absolute Gasteiger partial charge is 0.472 e. The molecule has 9 nitrogen and oxygen atoms in total. The zero-order valence-electron chi connectivity index (χ0n) is 49.4. The van der Waals surface area contributed by atoms with Crippen molar-refractivity contribution in [3.63, 3.8) is 0 Å². The smallest absolute Gasteiger partial charge is 0.456 e. The fourth-order valence-electron chi connectivity index (χ4n) is 7.46. The second-order valence-electron chi connectivity index (χ2n) is 20.4. The topological polar surface area (TPSA) is 111 Å². The van der Waals surface area contributed by atoms with E-state index in [2.05, 4.69) is 148 Å². The summed E-state index contributed by atoms with van der Waals surface area (Å²) in [6.45, 7) is 6.64. The number of esters is 1. The predicted octanol–water partition coefficient (Wildman–Crippen LogP) is 18.4. The standard InChI is InChI=1S/C67H109N2O7P/c1-7-10-13-16-19-22-25-28-30-32-34-36-38-41-44-47-50-53-56-59-66(70)68-64(63-75-77(72,73)74-62-61-69(4,5)6)65(58-55-52-49-46-43-40-27-24-21-18-15-12-9-3)76-67(71)60-57-54-51-48-45-42-39-37-35-33-31-29-26-23-20-17-14-11-8-2/h10-11,13-14,19-20,22-23,28-31,34-37,41-42,44-45,50-51,53-55,58,64-65H,7-9,12,15-18,21,24-27,32-33,38-40,43,46-49,52,56-57,59-63H2,1-6H3,(H-,68,70,72,73)/p+1/b13-10-,14-11-,22-19-,23-20-,30-28-,31-29-,36-34-,37-35-,44-41-,45-42-,53-50-,54-51-,58-55+. The van der Waals surface area contributed by atoms with Crippen LogP contribution < -0.4 is 5.32 Å². The monoisotopic (exact) mass is 1090 g/mol. The average molecular weight is 1090 g/mol. The Balaban J connectivity index is 5.59. The summed E-state index contributed by atoms with van der Waals surface area (Å²) in [6.07, 6.45) is 81.3. The molecule has 3 unspecified atom stereocenters. The molecule has 10 heteroatoms. The van der Waals surface area contributed by atoms with Crippen LogP contribution in [0.1, 0.15) is 201 Å². The minimum atomic E-state index is -4.50. The van der Waals surface area contributed by atoms with Crippen LogP contribution in [0.15, 0.2) is 158 Å². The summed E-state index contributed by atoms with van der Waals surface area (Å²) >= 11 is 0. The van der Waals surface area contributed by atoms with Crippen molar-refractivity contribution in [3.05, 3.63) is 158 Å². The van der Waals surface area contributed by atoms with Gasteiger partial charge in [0.1, 0.15) is 19.3 Å². The Morgan fingerprint density at radius 1 is 0.468 bits per heavy atom. The number of amides is 1. The van der Waals surface area contributed by atoms with Gasteiger partial charge in [0.2, 0.25) is 5.91 Å². The number of likely N-dealkylation sites (N-methyl/N-ethyl adjacent to an activating group) is 1. The minimum absolute atomic E-state index is 0.00609. The quantitative estimate of drug-likeness (QED) is 0.0205. The summed E-state index contributed by atoms with van der Waals surface area (Å²) in [6, 6.07) is -0.932. The van der Waals surface area contributed by atoms with Gasteiger partial charge in [-0.3, -0.25) is 18.6 Å². The number of hydrogen-bond acceptors (Lipinski definition) is 6. The maximum atomic E-state index is 13.5. The summed E-state index contributed by atoms with van der Waals surface area (Å²) in [4.78, 5) is 37.6. The molecule has 0 aromatic heterocycles. The van der Waals surface area contributed by atoms with Crippen molar-refractivity contribution >= 4 is 19.7 Å². The van der Waals surface area contributed by atoms with Gasteiger partial charge in [0, 0.05) is 12.8 Å². The van der Waals surface area contributed by atoms with E-state index in [0.29, 0.717) is 23.9 Å². The van der Waals surface area contributed by atoms with Crippen LogP contribution in [0, 0.1) is 0 Å². The third-order valence-electron chi connectivity index (χ3n) is 12.0. The van der Waals surface area contributed by atoms with Crippen LogP contribution in [-0.2, 0) is 27.9 Å². The molecule has 0 aromatic carbocycles. The number of phosphoric acid groups is 1. The number of nitrogens with one attached hydrogen (secondary N) is 1. The summed E-state index contributed by atoms with van der Waals surface area (Å²) in [5.41, 5.74) is 0. The highest BCUT2D eigenvalue weighted by Crippen LogP contribution is 2.43. The maximum absolute atomic E-state index is 13.5. The van der Waals surface area contributed by atoms with Crippen molar-refractivity contribution in [1.82, 2.24) is 5.32 Å². The van der Waals surface area contributed by atoms with Crippen molar-refractivity contribution in [2.75, 3.05) is 40.9 Å². The molecule has 1 amide bonds. The lowest BCUT2D eigenvalue weighted by Gasteiger charge is -2.27. The highest BCUT2D eigenvalue weighted by atomic mass is 31.2. The van der Waals surface area contributed by atoms with Crippen LogP contribution >= 0.6 is 7.82 Å². The molecule has 2 N–H and O–H groups in total. The van der Waals surface area contributed by atoms with Crippen LogP contribution in [0.2, 0.25) is 0 Å². The van der Waals surface area contributed by atoms with E-state index in [0.717, 1.165) is 96.3 Å². The molecule has 0 aliphatic carbocycles. The van der Waals surface area contributed by atoms with E-state index >= 15 is 0 Å². The Bertz CT molecular complexity index is 1870. The number of hydrogen-bond donors (Lipinski definition) is 2. The zero-order chi connectivity index (χ0) is 56.4. The number of carbonyl (C=O) groups is 2. The molecule has 0 radical (unpaired) electrons. The second-order valence-corrected chi connectivity index (χ2v) is 21.9. The van der Waals surface area contributed by atoms with Crippen LogP contribution in [0.25, 0.3) is 0 Å². The molecular weight excluding hydrogens is 976 g/mol. The van der Waals surface area contributed by atoms with Crippen molar-refractivity contribution in [2.45, 2.75) is 213 Å². The van der Waals surface area contributed by atoms with Gasteiger partial charge in [-0.05, 0) is 109 Å². The van der Waals surface area contributed by atoms with Gasteiger partial charge in [-0.2, -0.15) is 0 Å². The van der Waals surface area contributed by atoms with Crippen molar-refractivity contribution in [3.8, 4) is 0 Å². The third kappa shape index (κ3) is 56.2. The normalized spacial score (nSPS) is 14.8. The number of nitrogens with zero attached hydrogens (tertiary/aromatic N) is 1. The van der Waals surface area contributed by atoms with E-state index in [4.69, 9.17) is 13.8 Å². The lowest BCUT2D eigenvalue weighted by atomic mass is 10.0. The Hall–Kier alpha value is -4.37. The summed E-state index contributed by atoms with van der Waals surface area (Å²) in [5.74, 6) is -0.716. The van der Waals surface area contributed by atoms with E-state index in [9.17, 15) is 19.0 Å². The van der Waals surface area contributed by atoms with Crippen LogP contribution in [0.4, 0.5) is 0 Å². The highest BCUT2D eigenvalue weighted by molar-refractivity contribution is 7.47. The van der Waals surface area contributed by atoms with Gasteiger partial charge in [0.05, 0.1) is 33.8 Å². The molecular formula is C67H110N2O7P+. The lowest BCUT2D eigenvalue weighted by molar-refractivity contribution is -0.870. The predicted molar refractivity (Wildman–Crippen MR) is 332 cm³/mol. The van der Waals surface area contributed by atoms with E-state index in [1.54, 1.807) is 6.08 Å². The highest BCUT2D eigenvalue weighted by Gasteiger charge is 2.30. The number of ether oxygens (including phenoxy) is 1. The molecule has 0 saturated carbocycles. The number of quaternary nitrogens is 1. The Morgan fingerprint density at radius 3 is 1.22 bits per heavy atom. The van der Waals surface area contributed by atoms with Gasteiger partial charge < -0.3 is 19.4 Å². The van der Waals surface area contributed by atoms with Gasteiger partial charge in [0.25, 0.3) is 0 Å². The van der Waals surface area contributed by atoms with E-state index in [1.165, 1.54) is 57.8 Å². The van der Waals surface area contributed by atoms with Gasteiger partial charge in [0.15, 0.2) is 0 Å². The molecule has 0 aromatic rings. The van der Waals surface area contributed by atoms with Crippen LogP contribution in [0.3, 0.4) is 0 Å². The number of allylic oxidation sites excluding steroid dienone is 25. The minimum Gasteiger partial charge on any atom is -0.456 e. The van der Waals surface area contributed by atoms with Crippen LogP contribution in [0.5, 0.6) is 0 Å². The number of phosphoric ester groups is 1. The van der Waals surface area contributed by atoms with Gasteiger partial charge in [-0.1, -0.05) is 237 Å². The van der Waals surface area contributed by atoms with Gasteiger partial charge in [-0.25, -0.2) is 4.57 Å². The number of carbonyl (C=O) groups excluding carboxylic acids is 2. The first-order chi connectivity index (χ1) is 37.4. The maximum Gasteiger partial charge on any atom is 0.472 e. The molecule has 434 valence electrons. The fourth-order valence-corrected chi connectivity index (χ4v) is 8.19. The van der Waals surface area contributed by atoms with Crippen molar-refractivity contribution in [1.29, 1.82) is 0 Å². The Kier molecular flexibility index (Phi) is 51.8. The summed E-state index contributed by atoms with van der Waals surface area (Å²) < 4.78 is 30.5. The van der Waals surface area contributed by atoms with Gasteiger partial charge >= 0.3 is 13.8 Å². The lowest BCUT2D eigenvalue weighted by Crippen LogP contribution is -2.47. The van der Waals surface area contributed by atoms with Crippen molar-refractivity contribution in [2.24, 2.45) is 0 Å². The van der Waals surface area contributed by atoms with Crippen molar-refractivity contribution < 1.29 is 37.3 Å². The van der Waals surface area contributed by atoms with Crippen LogP contribution in [-0.4, -0.2) is 74.3 Å². The van der Waals surface area contributed by atoms with Gasteiger partial charge in [-0.15, -0.1) is 0 Å². The Morgan fingerprint density at radius 2 is 0.831 bits per heavy atom. The molecule has 0 rings (SSSR count). The molecule has 0 saturated heterocycles. The SMILES string of the molecule is CC/C=C\C/C=C\C/C=C\C/C=C\C/C=C\C/C=C\CCC(=O)NC(COP(=O)(O)OCC[N+](C)(C)C)C(/C=C/CCCCCCCCCCCCC)OC(=O)CC/C=C\C/C=C\C/C=C\C/C=C\C/C=C\C/C=C\CC. The molecule has 3 atom stereocenters. The first-order valence-electron chi connectivity index (χ1n) is 29.8. The molecule has 0 bridgehead atoms. The van der Waals surface area contributed by atoms with E-state index in [-0.39, 0.29) is 25.4 Å². The number of unbranched alkanes of at least 4 members (excludes halogenated alkanes) is 11. The number of rotatable bonds is 51. The van der Waals surface area contributed by atoms with E-state index in [1.807, 2.05) is 51.5 Å². The first kappa shape index (κ1) is 72.6. The first-order valence-corrected chi connectivity index (χ1v) is 31.3. The fraction of sp³-hybridized carbons (Fsp3) is 0.582. The molecule has 0 aliphatic rings.